The molecule has 0 aliphatic carbocycles. The smallest absolute Gasteiger partial charge is 0.264 e. The van der Waals surface area contributed by atoms with Crippen LogP contribution in [0.3, 0.4) is 0 Å². The minimum absolute atomic E-state index is 0.161. The monoisotopic (exact) mass is 284 g/mol. The Hall–Kier alpha value is -2.82. The van der Waals surface area contributed by atoms with E-state index in [-0.39, 0.29) is 18.9 Å². The molecule has 2 aromatic carbocycles. The van der Waals surface area contributed by atoms with E-state index in [1.165, 1.54) is 0 Å². The van der Waals surface area contributed by atoms with Gasteiger partial charge in [-0.3, -0.25) is 14.9 Å². The Kier molecular flexibility index (Phi) is 4.93. The van der Waals surface area contributed by atoms with Crippen LogP contribution in [0, 0.1) is 0 Å². The molecule has 5 heteroatoms. The van der Waals surface area contributed by atoms with Crippen molar-refractivity contribution < 1.29 is 14.3 Å². The van der Waals surface area contributed by atoms with Gasteiger partial charge in [0.05, 0.1) is 6.42 Å². The third-order valence-corrected chi connectivity index (χ3v) is 2.74. The highest BCUT2D eigenvalue weighted by molar-refractivity contribution is 5.96. The van der Waals surface area contributed by atoms with Crippen LogP contribution in [0.15, 0.2) is 54.6 Å². The summed E-state index contributed by atoms with van der Waals surface area (Å²) in [5.41, 5.74) is 7.01. The third kappa shape index (κ3) is 4.99. The van der Waals surface area contributed by atoms with E-state index in [9.17, 15) is 9.59 Å². The van der Waals surface area contributed by atoms with Crippen LogP contribution < -0.4 is 15.8 Å². The molecule has 3 N–H and O–H groups in total. The zero-order chi connectivity index (χ0) is 15.1. The van der Waals surface area contributed by atoms with Crippen LogP contribution in [0.1, 0.15) is 5.56 Å². The summed E-state index contributed by atoms with van der Waals surface area (Å²) in [6, 6.07) is 15.9. The van der Waals surface area contributed by atoms with Gasteiger partial charge in [-0.25, -0.2) is 0 Å². The maximum absolute atomic E-state index is 11.7. The first-order valence-corrected chi connectivity index (χ1v) is 6.48. The molecule has 0 fully saturated rings. The number of hydrogen-bond acceptors (Lipinski definition) is 4. The van der Waals surface area contributed by atoms with Gasteiger partial charge in [0, 0.05) is 5.69 Å². The van der Waals surface area contributed by atoms with Crippen molar-refractivity contribution in [2.24, 2.45) is 0 Å². The number of anilines is 1. The topological polar surface area (TPSA) is 81.4 Å². The Morgan fingerprint density at radius 1 is 0.952 bits per heavy atom. The number of nitrogen functional groups attached to an aromatic ring is 1. The molecular formula is C16H16N2O3. The maximum atomic E-state index is 11.7. The highest BCUT2D eigenvalue weighted by Crippen LogP contribution is 2.12. The summed E-state index contributed by atoms with van der Waals surface area (Å²) in [6.07, 6.45) is 0.161. The van der Waals surface area contributed by atoms with Crippen molar-refractivity contribution in [3.05, 3.63) is 60.2 Å². The Morgan fingerprint density at radius 3 is 2.29 bits per heavy atom. The number of nitrogens with one attached hydrogen (secondary N) is 1. The van der Waals surface area contributed by atoms with E-state index in [1.807, 2.05) is 30.3 Å². The van der Waals surface area contributed by atoms with E-state index in [2.05, 4.69) is 5.32 Å². The molecule has 0 atom stereocenters. The van der Waals surface area contributed by atoms with Gasteiger partial charge in [-0.2, -0.15) is 0 Å². The van der Waals surface area contributed by atoms with Crippen LogP contribution in [0.4, 0.5) is 5.69 Å². The van der Waals surface area contributed by atoms with Gasteiger partial charge in [0.1, 0.15) is 5.75 Å². The Morgan fingerprint density at radius 2 is 1.62 bits per heavy atom. The number of imide groups is 1. The lowest BCUT2D eigenvalue weighted by Gasteiger charge is -2.07. The average Bonchev–Trinajstić information content (AvgIpc) is 2.47. The Balaban J connectivity index is 1.76. The van der Waals surface area contributed by atoms with Gasteiger partial charge in [-0.15, -0.1) is 0 Å². The number of rotatable bonds is 5. The second kappa shape index (κ2) is 7.09. The fourth-order valence-corrected chi connectivity index (χ4v) is 1.73. The lowest BCUT2D eigenvalue weighted by Crippen LogP contribution is -2.35. The molecule has 108 valence electrons. The fourth-order valence-electron chi connectivity index (χ4n) is 1.73. The SMILES string of the molecule is Nc1ccc(OCC(=O)NC(=O)Cc2ccccc2)cc1. The molecule has 0 radical (unpaired) electrons. The zero-order valence-electron chi connectivity index (χ0n) is 11.4. The highest BCUT2D eigenvalue weighted by atomic mass is 16.5. The van der Waals surface area contributed by atoms with E-state index in [0.29, 0.717) is 11.4 Å². The largest absolute Gasteiger partial charge is 0.484 e. The average molecular weight is 284 g/mol. The second-order valence-corrected chi connectivity index (χ2v) is 4.49. The van der Waals surface area contributed by atoms with Gasteiger partial charge in [-0.1, -0.05) is 30.3 Å². The highest BCUT2D eigenvalue weighted by Gasteiger charge is 2.09. The maximum Gasteiger partial charge on any atom is 0.264 e. The van der Waals surface area contributed by atoms with Crippen molar-refractivity contribution >= 4 is 17.5 Å². The molecule has 0 aliphatic heterocycles. The number of benzene rings is 2. The van der Waals surface area contributed by atoms with Crippen molar-refractivity contribution in [2.45, 2.75) is 6.42 Å². The van der Waals surface area contributed by atoms with Gasteiger partial charge >= 0.3 is 0 Å². The summed E-state index contributed by atoms with van der Waals surface area (Å²) >= 11 is 0. The first kappa shape index (κ1) is 14.6. The first-order valence-electron chi connectivity index (χ1n) is 6.48. The number of nitrogens with two attached hydrogens (primary N) is 1. The Labute approximate surface area is 122 Å². The molecule has 5 nitrogen and oxygen atoms in total. The van der Waals surface area contributed by atoms with E-state index >= 15 is 0 Å². The fraction of sp³-hybridized carbons (Fsp3) is 0.125. The van der Waals surface area contributed by atoms with Crippen LogP contribution in [0.2, 0.25) is 0 Å². The molecule has 21 heavy (non-hydrogen) atoms. The molecule has 0 saturated carbocycles. The molecule has 0 saturated heterocycles. The van der Waals surface area contributed by atoms with E-state index < -0.39 is 5.91 Å². The van der Waals surface area contributed by atoms with Crippen molar-refractivity contribution in [1.29, 1.82) is 0 Å². The standard InChI is InChI=1S/C16H16N2O3/c17-13-6-8-14(9-7-13)21-11-16(20)18-15(19)10-12-4-2-1-3-5-12/h1-9H,10-11,17H2,(H,18,19,20). The number of amides is 2. The minimum atomic E-state index is -0.479. The first-order chi connectivity index (χ1) is 10.1. The molecule has 0 aliphatic rings. The van der Waals surface area contributed by atoms with Gasteiger partial charge in [-0.05, 0) is 29.8 Å². The second-order valence-electron chi connectivity index (χ2n) is 4.49. The summed E-state index contributed by atoms with van der Waals surface area (Å²) in [5, 5.41) is 2.28. The van der Waals surface area contributed by atoms with Gasteiger partial charge < -0.3 is 10.5 Å². The van der Waals surface area contributed by atoms with Crippen LogP contribution >= 0.6 is 0 Å². The van der Waals surface area contributed by atoms with Gasteiger partial charge in [0.2, 0.25) is 5.91 Å². The number of carbonyl (C=O) groups excluding carboxylic acids is 2. The van der Waals surface area contributed by atoms with Crippen molar-refractivity contribution in [2.75, 3.05) is 12.3 Å². The third-order valence-electron chi connectivity index (χ3n) is 2.74. The van der Waals surface area contributed by atoms with Crippen molar-refractivity contribution in [1.82, 2.24) is 5.32 Å². The molecule has 2 amide bonds. The molecule has 0 heterocycles. The normalized spacial score (nSPS) is 9.90. The van der Waals surface area contributed by atoms with Gasteiger partial charge in [0.15, 0.2) is 6.61 Å². The molecule has 0 aromatic heterocycles. The van der Waals surface area contributed by atoms with Crippen molar-refractivity contribution in [3.63, 3.8) is 0 Å². The van der Waals surface area contributed by atoms with E-state index in [0.717, 1.165) is 5.56 Å². The summed E-state index contributed by atoms with van der Waals surface area (Å²) in [6.45, 7) is -0.218. The lowest BCUT2D eigenvalue weighted by atomic mass is 10.1. The summed E-state index contributed by atoms with van der Waals surface area (Å²) in [5.74, 6) is -0.310. The molecule has 2 rings (SSSR count). The molecule has 0 unspecified atom stereocenters. The molecule has 2 aromatic rings. The molecule has 0 spiro atoms. The van der Waals surface area contributed by atoms with E-state index in [1.54, 1.807) is 24.3 Å². The summed E-state index contributed by atoms with van der Waals surface area (Å²) < 4.78 is 5.25. The van der Waals surface area contributed by atoms with Crippen LogP contribution in [0.5, 0.6) is 5.75 Å². The van der Waals surface area contributed by atoms with E-state index in [4.69, 9.17) is 10.5 Å². The predicted molar refractivity (Wildman–Crippen MR) is 79.6 cm³/mol. The quantitative estimate of drug-likeness (QED) is 0.816. The number of hydrogen-bond donors (Lipinski definition) is 2. The minimum Gasteiger partial charge on any atom is -0.484 e. The number of ether oxygens (including phenoxy) is 1. The van der Waals surface area contributed by atoms with Crippen molar-refractivity contribution in [3.8, 4) is 5.75 Å². The number of carbonyl (C=O) groups is 2. The predicted octanol–water partition coefficient (Wildman–Crippen LogP) is 1.53. The van der Waals surface area contributed by atoms with Gasteiger partial charge in [0.25, 0.3) is 5.91 Å². The van der Waals surface area contributed by atoms with Crippen LogP contribution in [-0.2, 0) is 16.0 Å². The Bertz CT molecular complexity index is 609. The summed E-state index contributed by atoms with van der Waals surface area (Å²) in [7, 11) is 0. The van der Waals surface area contributed by atoms with Crippen LogP contribution in [0.25, 0.3) is 0 Å². The summed E-state index contributed by atoms with van der Waals surface area (Å²) in [4.78, 5) is 23.3. The van der Waals surface area contributed by atoms with Crippen LogP contribution in [-0.4, -0.2) is 18.4 Å². The molecular weight excluding hydrogens is 268 g/mol. The lowest BCUT2D eigenvalue weighted by molar-refractivity contribution is -0.131. The molecule has 0 bridgehead atoms. The zero-order valence-corrected chi connectivity index (χ0v) is 11.4.